The van der Waals surface area contributed by atoms with E-state index in [4.69, 9.17) is 25.8 Å². The Balaban J connectivity index is 1.25. The van der Waals surface area contributed by atoms with Gasteiger partial charge in [0, 0.05) is 44.2 Å². The second kappa shape index (κ2) is 15.6. The molecule has 6 rings (SSSR count). The predicted molar refractivity (Wildman–Crippen MR) is 188 cm³/mol. The Morgan fingerprint density at radius 3 is 2.39 bits per heavy atom. The molecule has 3 fully saturated rings. The fraction of sp³-hybridized carbons (Fsp3) is 0.526. The summed E-state index contributed by atoms with van der Waals surface area (Å²) in [6.07, 6.45) is 6.02. The average Bonchev–Trinajstić information content (AvgIpc) is 3.63. The van der Waals surface area contributed by atoms with Crippen molar-refractivity contribution in [1.29, 1.82) is 0 Å². The maximum atomic E-state index is 14.9. The molecular formula is C38H47ClN4O6. The highest BCUT2D eigenvalue weighted by molar-refractivity contribution is 6.34. The van der Waals surface area contributed by atoms with Gasteiger partial charge in [-0.2, -0.15) is 0 Å². The zero-order valence-electron chi connectivity index (χ0n) is 28.7. The Hall–Kier alpha value is -3.41. The Morgan fingerprint density at radius 1 is 0.980 bits per heavy atom. The van der Waals surface area contributed by atoms with Crippen LogP contribution in [0.15, 0.2) is 54.7 Å². The smallest absolute Gasteiger partial charge is 0.308 e. The summed E-state index contributed by atoms with van der Waals surface area (Å²) >= 11 is 6.76. The number of esters is 1. The van der Waals surface area contributed by atoms with E-state index in [1.807, 2.05) is 57.2 Å². The molecule has 262 valence electrons. The SMILES string of the molecule is CCOC(=O)C1CCC(OC(C(=O)Cc2ccc(NC(=O)c3nccc4ccccc34)c(Cl)c2)(N2CCCC2)N2C[C@@H](C)O[C@@H](C)C2)CC1. The number of amides is 1. The molecule has 0 radical (unpaired) electrons. The van der Waals surface area contributed by atoms with Gasteiger partial charge in [-0.3, -0.25) is 29.2 Å². The lowest BCUT2D eigenvalue weighted by molar-refractivity contribution is -0.274. The number of aromatic nitrogens is 1. The Morgan fingerprint density at radius 2 is 1.69 bits per heavy atom. The fourth-order valence-corrected chi connectivity index (χ4v) is 7.92. The molecule has 49 heavy (non-hydrogen) atoms. The van der Waals surface area contributed by atoms with Gasteiger partial charge in [0.2, 0.25) is 5.85 Å². The van der Waals surface area contributed by atoms with Gasteiger partial charge in [-0.05, 0) is 88.4 Å². The predicted octanol–water partition coefficient (Wildman–Crippen LogP) is 6.25. The summed E-state index contributed by atoms with van der Waals surface area (Å²) < 4.78 is 18.5. The van der Waals surface area contributed by atoms with Crippen LogP contribution < -0.4 is 5.32 Å². The molecule has 1 unspecified atom stereocenters. The first kappa shape index (κ1) is 35.4. The van der Waals surface area contributed by atoms with Crippen LogP contribution in [0.4, 0.5) is 5.69 Å². The minimum absolute atomic E-state index is 0.0592. The number of pyridine rings is 1. The summed E-state index contributed by atoms with van der Waals surface area (Å²) in [5.41, 5.74) is 1.48. The number of rotatable bonds is 11. The molecule has 1 aromatic heterocycles. The monoisotopic (exact) mass is 690 g/mol. The van der Waals surface area contributed by atoms with Gasteiger partial charge in [-0.1, -0.05) is 41.9 Å². The molecule has 3 aromatic rings. The van der Waals surface area contributed by atoms with Gasteiger partial charge in [0.25, 0.3) is 5.91 Å². The number of benzene rings is 2. The largest absolute Gasteiger partial charge is 0.466 e. The Labute approximate surface area is 293 Å². The number of nitrogens with one attached hydrogen (secondary N) is 1. The third kappa shape index (κ3) is 7.84. The molecule has 1 amide bonds. The van der Waals surface area contributed by atoms with Gasteiger partial charge in [0.1, 0.15) is 5.69 Å². The number of hydrogen-bond donors (Lipinski definition) is 1. The van der Waals surface area contributed by atoms with Crippen LogP contribution in [0.25, 0.3) is 10.8 Å². The maximum absolute atomic E-state index is 14.9. The number of halogens is 1. The van der Waals surface area contributed by atoms with Crippen molar-refractivity contribution in [3.8, 4) is 0 Å². The number of fused-ring (bicyclic) bond motifs is 1. The zero-order valence-corrected chi connectivity index (χ0v) is 29.4. The molecule has 2 aliphatic heterocycles. The van der Waals surface area contributed by atoms with Crippen molar-refractivity contribution >= 4 is 45.7 Å². The average molecular weight is 691 g/mol. The molecule has 3 aliphatic rings. The lowest BCUT2D eigenvalue weighted by Gasteiger charge is -2.52. The first-order valence-corrected chi connectivity index (χ1v) is 18.0. The van der Waals surface area contributed by atoms with Crippen LogP contribution in [0.2, 0.25) is 5.02 Å². The van der Waals surface area contributed by atoms with Crippen molar-refractivity contribution in [3.05, 3.63) is 71.0 Å². The molecule has 3 heterocycles. The van der Waals surface area contributed by atoms with E-state index < -0.39 is 5.85 Å². The molecule has 0 spiro atoms. The number of anilines is 1. The summed E-state index contributed by atoms with van der Waals surface area (Å²) in [4.78, 5) is 49.4. The highest BCUT2D eigenvalue weighted by Gasteiger charge is 2.54. The van der Waals surface area contributed by atoms with Gasteiger partial charge in [-0.25, -0.2) is 0 Å². The zero-order chi connectivity index (χ0) is 34.5. The lowest BCUT2D eigenvalue weighted by Crippen LogP contribution is -2.71. The van der Waals surface area contributed by atoms with Crippen LogP contribution in [0.1, 0.15) is 75.3 Å². The van der Waals surface area contributed by atoms with Crippen LogP contribution in [-0.4, -0.2) is 89.4 Å². The molecule has 3 atom stereocenters. The third-order valence-corrected chi connectivity index (χ3v) is 10.2. The second-order valence-electron chi connectivity index (χ2n) is 13.6. The summed E-state index contributed by atoms with van der Waals surface area (Å²) in [5.74, 6) is -2.00. The number of hydrogen-bond acceptors (Lipinski definition) is 9. The molecule has 0 bridgehead atoms. The van der Waals surface area contributed by atoms with Crippen LogP contribution in [-0.2, 0) is 30.2 Å². The first-order chi connectivity index (χ1) is 23.7. The quantitative estimate of drug-likeness (QED) is 0.234. The maximum Gasteiger partial charge on any atom is 0.308 e. The molecule has 2 saturated heterocycles. The van der Waals surface area contributed by atoms with Crippen LogP contribution in [0, 0.1) is 5.92 Å². The van der Waals surface area contributed by atoms with Gasteiger partial charge in [-0.15, -0.1) is 0 Å². The number of ketones is 1. The van der Waals surface area contributed by atoms with Crippen LogP contribution >= 0.6 is 11.6 Å². The number of carbonyl (C=O) groups is 3. The number of ether oxygens (including phenoxy) is 3. The van der Waals surface area contributed by atoms with E-state index in [2.05, 4.69) is 20.1 Å². The standard InChI is InChI=1S/C38H47ClN4O6/c1-4-47-37(46)29-12-14-30(15-13-29)49-38(42-19-7-8-20-42,43-23-25(2)48-26(3)24-43)34(44)22-27-11-16-33(32(39)21-27)41-36(45)35-31-10-6-5-9-28(31)17-18-40-35/h5-6,9-11,16-18,21,25-26,29-30H,4,7-8,12-15,19-20,22-24H2,1-3H3,(H,41,45)/t25-,26+,29?,30?,38?. The third-order valence-electron chi connectivity index (χ3n) is 9.91. The summed E-state index contributed by atoms with van der Waals surface area (Å²) in [5, 5.41) is 4.90. The van der Waals surface area contributed by atoms with Gasteiger partial charge >= 0.3 is 5.97 Å². The van der Waals surface area contributed by atoms with Crippen molar-refractivity contribution in [3.63, 3.8) is 0 Å². The molecule has 1 saturated carbocycles. The molecule has 2 aromatic carbocycles. The number of carbonyl (C=O) groups excluding carboxylic acids is 3. The van der Waals surface area contributed by atoms with Crippen molar-refractivity contribution in [2.75, 3.05) is 38.1 Å². The van der Waals surface area contributed by atoms with Crippen LogP contribution in [0.3, 0.4) is 0 Å². The van der Waals surface area contributed by atoms with Gasteiger partial charge in [0.15, 0.2) is 5.78 Å². The normalized spacial score (nSPS) is 24.7. The minimum atomic E-state index is -1.29. The Bertz CT molecular complexity index is 1640. The van der Waals surface area contributed by atoms with E-state index in [0.717, 1.165) is 42.3 Å². The molecule has 10 nitrogen and oxygen atoms in total. The van der Waals surface area contributed by atoms with E-state index in [1.54, 1.807) is 18.3 Å². The Kier molecular flexibility index (Phi) is 11.3. The highest BCUT2D eigenvalue weighted by Crippen LogP contribution is 2.38. The van der Waals surface area contributed by atoms with Crippen molar-refractivity contribution < 1.29 is 28.6 Å². The summed E-state index contributed by atoms with van der Waals surface area (Å²) in [6.45, 7) is 8.87. The highest BCUT2D eigenvalue weighted by atomic mass is 35.5. The van der Waals surface area contributed by atoms with Crippen molar-refractivity contribution in [2.45, 2.75) is 89.9 Å². The van der Waals surface area contributed by atoms with E-state index in [0.29, 0.717) is 61.8 Å². The first-order valence-electron chi connectivity index (χ1n) is 17.6. The molecule has 11 heteroatoms. The van der Waals surface area contributed by atoms with Crippen LogP contribution in [0.5, 0.6) is 0 Å². The lowest BCUT2D eigenvalue weighted by atomic mass is 9.87. The fourth-order valence-electron chi connectivity index (χ4n) is 7.67. The van der Waals surface area contributed by atoms with Gasteiger partial charge in [0.05, 0.1) is 41.5 Å². The summed E-state index contributed by atoms with van der Waals surface area (Å²) in [7, 11) is 0. The minimum Gasteiger partial charge on any atom is -0.466 e. The van der Waals surface area contributed by atoms with Crippen molar-refractivity contribution in [1.82, 2.24) is 14.8 Å². The molecule has 1 N–H and O–H groups in total. The number of likely N-dealkylation sites (tertiary alicyclic amines) is 1. The molecule has 1 aliphatic carbocycles. The van der Waals surface area contributed by atoms with Gasteiger partial charge < -0.3 is 19.5 Å². The molecular weight excluding hydrogens is 644 g/mol. The number of morpholine rings is 1. The van der Waals surface area contributed by atoms with E-state index >= 15 is 0 Å². The van der Waals surface area contributed by atoms with Crippen molar-refractivity contribution in [2.24, 2.45) is 5.92 Å². The second-order valence-corrected chi connectivity index (χ2v) is 14.0. The number of Topliss-reactive ketones (excluding diaryl/α,β-unsaturated/α-hetero) is 1. The van der Waals surface area contributed by atoms with E-state index in [-0.39, 0.29) is 48.3 Å². The summed E-state index contributed by atoms with van der Waals surface area (Å²) in [6, 6.07) is 14.8. The van der Waals surface area contributed by atoms with E-state index in [1.165, 1.54) is 0 Å². The topological polar surface area (TPSA) is 110 Å². The van der Waals surface area contributed by atoms with E-state index in [9.17, 15) is 14.4 Å². The number of nitrogens with zero attached hydrogens (tertiary/aromatic N) is 3.